The summed E-state index contributed by atoms with van der Waals surface area (Å²) in [7, 11) is 0. The normalized spacial score (nSPS) is 15.8. The Morgan fingerprint density at radius 3 is 2.43 bits per heavy atom. The van der Waals surface area contributed by atoms with Crippen LogP contribution < -0.4 is 5.01 Å². The van der Waals surface area contributed by atoms with E-state index in [1.807, 2.05) is 67.1 Å². The Kier molecular flexibility index (Phi) is 5.42. The highest BCUT2D eigenvalue weighted by Crippen LogP contribution is 2.35. The molecule has 1 aliphatic rings. The zero-order valence-electron chi connectivity index (χ0n) is 15.0. The molecule has 1 aromatic carbocycles. The molecule has 0 atom stereocenters. The molecule has 0 N–H and O–H groups in total. The number of halogens is 1. The van der Waals surface area contributed by atoms with E-state index >= 15 is 0 Å². The molecule has 0 bridgehead atoms. The Hall–Kier alpha value is -1.93. The fourth-order valence-electron chi connectivity index (χ4n) is 2.82. The van der Waals surface area contributed by atoms with Gasteiger partial charge in [-0.05, 0) is 74.6 Å². The number of thioether (sulfide) groups is 1. The molecule has 3 aromatic rings. The van der Waals surface area contributed by atoms with E-state index in [1.54, 1.807) is 6.08 Å². The quantitative estimate of drug-likeness (QED) is 0.361. The molecule has 28 heavy (non-hydrogen) atoms. The zero-order chi connectivity index (χ0) is 19.8. The standard InChI is InChI=1S/C20H15ClN2O2S3/c1-12-3-4-13(2)22(12)23-19(24)17(28-20(23)26)11-15-7-10-18(25-15)27-16-8-5-14(21)6-9-16/h3-11H,1-2H3/b17-11-. The second-order valence-electron chi connectivity index (χ2n) is 6.13. The molecule has 0 radical (unpaired) electrons. The van der Waals surface area contributed by atoms with Crippen LogP contribution in [0.3, 0.4) is 0 Å². The van der Waals surface area contributed by atoms with Crippen LogP contribution in [-0.4, -0.2) is 14.9 Å². The molecular formula is C20H15ClN2O2S3. The third-order valence-corrected chi connectivity index (χ3v) is 6.58. The third-order valence-electron chi connectivity index (χ3n) is 4.11. The lowest BCUT2D eigenvalue weighted by atomic mass is 10.4. The van der Waals surface area contributed by atoms with E-state index in [9.17, 15) is 4.79 Å². The van der Waals surface area contributed by atoms with Gasteiger partial charge in [-0.25, -0.2) is 0 Å². The largest absolute Gasteiger partial charge is 0.450 e. The number of aromatic nitrogens is 1. The molecule has 8 heteroatoms. The first kappa shape index (κ1) is 19.4. The molecule has 2 aromatic heterocycles. The molecule has 3 heterocycles. The van der Waals surface area contributed by atoms with Crippen molar-refractivity contribution < 1.29 is 9.21 Å². The van der Waals surface area contributed by atoms with Crippen LogP contribution in [0.4, 0.5) is 0 Å². The number of aryl methyl sites for hydroxylation is 2. The highest BCUT2D eigenvalue weighted by atomic mass is 35.5. The van der Waals surface area contributed by atoms with Gasteiger partial charge in [0, 0.05) is 27.4 Å². The Morgan fingerprint density at radius 1 is 1.07 bits per heavy atom. The lowest BCUT2D eigenvalue weighted by Crippen LogP contribution is -2.39. The number of amides is 1. The number of hydrogen-bond donors (Lipinski definition) is 0. The molecule has 0 spiro atoms. The van der Waals surface area contributed by atoms with Gasteiger partial charge in [0.05, 0.1) is 4.91 Å². The first-order chi connectivity index (χ1) is 13.4. The van der Waals surface area contributed by atoms with Crippen molar-refractivity contribution in [3.63, 3.8) is 0 Å². The minimum Gasteiger partial charge on any atom is -0.450 e. The summed E-state index contributed by atoms with van der Waals surface area (Å²) < 4.78 is 8.19. The number of furan rings is 1. The van der Waals surface area contributed by atoms with E-state index in [2.05, 4.69) is 0 Å². The highest BCUT2D eigenvalue weighted by molar-refractivity contribution is 8.27. The average molecular weight is 447 g/mol. The molecule has 0 aliphatic carbocycles. The molecule has 1 amide bonds. The van der Waals surface area contributed by atoms with Crippen LogP contribution in [0.5, 0.6) is 0 Å². The SMILES string of the molecule is Cc1ccc(C)n1N1C(=O)/C(=C/c2ccc(Sc3ccc(Cl)cc3)o2)SC1=S. The maximum absolute atomic E-state index is 12.9. The van der Waals surface area contributed by atoms with E-state index in [1.165, 1.54) is 28.5 Å². The summed E-state index contributed by atoms with van der Waals surface area (Å²) in [5.41, 5.74) is 1.91. The van der Waals surface area contributed by atoms with Crippen molar-refractivity contribution in [3.8, 4) is 0 Å². The second-order valence-corrected chi connectivity index (χ2v) is 9.32. The maximum Gasteiger partial charge on any atom is 0.285 e. The Labute approximate surface area is 181 Å². The van der Waals surface area contributed by atoms with Gasteiger partial charge < -0.3 is 4.42 Å². The summed E-state index contributed by atoms with van der Waals surface area (Å²) >= 11 is 14.1. The zero-order valence-corrected chi connectivity index (χ0v) is 18.2. The number of thiocarbonyl (C=S) groups is 1. The minimum atomic E-state index is -0.152. The number of carbonyl (C=O) groups is 1. The van der Waals surface area contributed by atoms with Crippen molar-refractivity contribution in [2.24, 2.45) is 0 Å². The minimum absolute atomic E-state index is 0.152. The predicted octanol–water partition coefficient (Wildman–Crippen LogP) is 6.04. The van der Waals surface area contributed by atoms with Crippen molar-refractivity contribution in [2.75, 3.05) is 5.01 Å². The molecule has 1 saturated heterocycles. The number of rotatable bonds is 4. The molecular weight excluding hydrogens is 432 g/mol. The Morgan fingerprint density at radius 2 is 1.75 bits per heavy atom. The predicted molar refractivity (Wildman–Crippen MR) is 120 cm³/mol. The van der Waals surface area contributed by atoms with E-state index in [-0.39, 0.29) is 5.91 Å². The van der Waals surface area contributed by atoms with E-state index in [0.717, 1.165) is 21.4 Å². The Balaban J connectivity index is 1.55. The first-order valence-corrected chi connectivity index (χ1v) is 10.8. The lowest BCUT2D eigenvalue weighted by Gasteiger charge is -2.20. The van der Waals surface area contributed by atoms with Crippen molar-refractivity contribution >= 4 is 63.6 Å². The summed E-state index contributed by atoms with van der Waals surface area (Å²) in [4.78, 5) is 14.5. The van der Waals surface area contributed by atoms with E-state index < -0.39 is 0 Å². The molecule has 4 nitrogen and oxygen atoms in total. The van der Waals surface area contributed by atoms with Gasteiger partial charge in [-0.2, -0.15) is 5.01 Å². The van der Waals surface area contributed by atoms with E-state index in [0.29, 0.717) is 20.0 Å². The number of nitrogens with zero attached hydrogens (tertiary/aromatic N) is 2. The fourth-order valence-corrected chi connectivity index (χ4v) is 4.95. The second kappa shape index (κ2) is 7.83. The summed E-state index contributed by atoms with van der Waals surface area (Å²) in [5.74, 6) is 0.457. The van der Waals surface area contributed by atoms with E-state index in [4.69, 9.17) is 28.2 Å². The van der Waals surface area contributed by atoms with Gasteiger partial charge in [0.1, 0.15) is 5.76 Å². The van der Waals surface area contributed by atoms with Crippen LogP contribution in [0.2, 0.25) is 5.02 Å². The van der Waals surface area contributed by atoms with Crippen molar-refractivity contribution in [1.29, 1.82) is 0 Å². The van der Waals surface area contributed by atoms with Crippen LogP contribution in [0.25, 0.3) is 6.08 Å². The topological polar surface area (TPSA) is 38.4 Å². The van der Waals surface area contributed by atoms with Gasteiger partial charge in [0.2, 0.25) is 0 Å². The van der Waals surface area contributed by atoms with Gasteiger partial charge in [-0.3, -0.25) is 9.47 Å². The van der Waals surface area contributed by atoms with Crippen LogP contribution in [-0.2, 0) is 4.79 Å². The lowest BCUT2D eigenvalue weighted by molar-refractivity contribution is -0.114. The number of hydrogen-bond acceptors (Lipinski definition) is 5. The van der Waals surface area contributed by atoms with Crippen molar-refractivity contribution in [1.82, 2.24) is 4.68 Å². The van der Waals surface area contributed by atoms with Gasteiger partial charge >= 0.3 is 0 Å². The van der Waals surface area contributed by atoms with Crippen molar-refractivity contribution in [2.45, 2.75) is 23.8 Å². The number of carbonyl (C=O) groups excluding carboxylic acids is 1. The molecule has 1 fully saturated rings. The maximum atomic E-state index is 12.9. The molecule has 4 rings (SSSR count). The molecule has 0 saturated carbocycles. The fraction of sp³-hybridized carbons (Fsp3) is 0.100. The molecule has 0 unspecified atom stereocenters. The third kappa shape index (κ3) is 3.80. The van der Waals surface area contributed by atoms with Crippen LogP contribution >= 0.6 is 47.3 Å². The van der Waals surface area contributed by atoms with Crippen LogP contribution in [0, 0.1) is 13.8 Å². The van der Waals surface area contributed by atoms with Crippen LogP contribution in [0.1, 0.15) is 17.1 Å². The summed E-state index contributed by atoms with van der Waals surface area (Å²) in [6, 6.07) is 15.2. The molecule has 1 aliphatic heterocycles. The summed E-state index contributed by atoms with van der Waals surface area (Å²) in [6.07, 6.45) is 1.74. The van der Waals surface area contributed by atoms with Gasteiger partial charge in [-0.1, -0.05) is 35.1 Å². The number of benzene rings is 1. The molecule has 142 valence electrons. The van der Waals surface area contributed by atoms with Gasteiger partial charge in [-0.15, -0.1) is 0 Å². The monoisotopic (exact) mass is 446 g/mol. The van der Waals surface area contributed by atoms with Gasteiger partial charge in [0.15, 0.2) is 9.41 Å². The van der Waals surface area contributed by atoms with Crippen molar-refractivity contribution in [3.05, 3.63) is 75.6 Å². The average Bonchev–Trinajstić information content (AvgIpc) is 3.31. The summed E-state index contributed by atoms with van der Waals surface area (Å²) in [5, 5.41) is 2.96. The summed E-state index contributed by atoms with van der Waals surface area (Å²) in [6.45, 7) is 3.89. The van der Waals surface area contributed by atoms with Crippen LogP contribution in [0.15, 0.2) is 67.8 Å². The Bertz CT molecular complexity index is 1080. The van der Waals surface area contributed by atoms with Gasteiger partial charge in [0.25, 0.3) is 5.91 Å². The smallest absolute Gasteiger partial charge is 0.285 e. The first-order valence-electron chi connectivity index (χ1n) is 8.39. The highest BCUT2D eigenvalue weighted by Gasteiger charge is 2.35.